The Balaban J connectivity index is 1.69. The molecule has 0 spiro atoms. The molecule has 2 aromatic rings. The van der Waals surface area contributed by atoms with Crippen molar-refractivity contribution in [2.45, 2.75) is 38.5 Å². The van der Waals surface area contributed by atoms with Gasteiger partial charge in [-0.1, -0.05) is 12.1 Å². The van der Waals surface area contributed by atoms with Crippen LogP contribution in [0, 0.1) is 0 Å². The third-order valence-electron chi connectivity index (χ3n) is 4.18. The predicted octanol–water partition coefficient (Wildman–Crippen LogP) is 2.49. The Morgan fingerprint density at radius 2 is 2.26 bits per heavy atom. The van der Waals surface area contributed by atoms with Crippen molar-refractivity contribution in [3.05, 3.63) is 29.3 Å². The van der Waals surface area contributed by atoms with Crippen LogP contribution < -0.4 is 0 Å². The number of rotatable bonds is 4. The van der Waals surface area contributed by atoms with Gasteiger partial charge in [0.15, 0.2) is 6.10 Å². The van der Waals surface area contributed by atoms with E-state index in [-0.39, 0.29) is 12.1 Å². The normalized spacial score (nSPS) is 23.8. The van der Waals surface area contributed by atoms with Gasteiger partial charge in [0, 0.05) is 25.6 Å². The first-order chi connectivity index (χ1) is 11.1. The number of para-hydroxylation sites is 1. The summed E-state index contributed by atoms with van der Waals surface area (Å²) in [7, 11) is 1.40. The fourth-order valence-electron chi connectivity index (χ4n) is 2.99. The molecule has 5 nitrogen and oxygen atoms in total. The molecule has 0 N–H and O–H groups in total. The molecule has 0 aliphatic carbocycles. The van der Waals surface area contributed by atoms with Crippen LogP contribution in [0.15, 0.2) is 24.3 Å². The molecule has 1 aliphatic heterocycles. The van der Waals surface area contributed by atoms with E-state index in [9.17, 15) is 4.79 Å². The summed E-state index contributed by atoms with van der Waals surface area (Å²) < 4.78 is 11.7. The van der Waals surface area contributed by atoms with Gasteiger partial charge in [0.25, 0.3) is 0 Å². The molecule has 0 amide bonds. The summed E-state index contributed by atoms with van der Waals surface area (Å²) >= 11 is 1.74. The lowest BCUT2D eigenvalue weighted by molar-refractivity contribution is -0.167. The monoisotopic (exact) mass is 334 g/mol. The number of fused-ring (bicyclic) bond motifs is 1. The zero-order chi connectivity index (χ0) is 16.4. The van der Waals surface area contributed by atoms with Crippen LogP contribution in [-0.4, -0.2) is 54.3 Å². The number of hydrogen-bond donors (Lipinski definition) is 0. The molecule has 1 aromatic carbocycles. The summed E-state index contributed by atoms with van der Waals surface area (Å²) in [6.45, 7) is 5.56. The largest absolute Gasteiger partial charge is 0.467 e. The van der Waals surface area contributed by atoms with Crippen LogP contribution >= 0.6 is 11.3 Å². The molecule has 0 radical (unpaired) electrons. The van der Waals surface area contributed by atoms with Gasteiger partial charge < -0.3 is 9.47 Å². The zero-order valence-electron chi connectivity index (χ0n) is 13.7. The van der Waals surface area contributed by atoms with E-state index in [0.29, 0.717) is 12.6 Å². The summed E-state index contributed by atoms with van der Waals surface area (Å²) in [4.78, 5) is 18.8. The smallest absolute Gasteiger partial charge is 0.336 e. The highest BCUT2D eigenvalue weighted by Crippen LogP contribution is 2.24. The van der Waals surface area contributed by atoms with Gasteiger partial charge >= 0.3 is 5.97 Å². The molecule has 124 valence electrons. The Kier molecular flexibility index (Phi) is 4.94. The average molecular weight is 334 g/mol. The standard InChI is InChI=1S/C17H22N2O3S/c1-11(8-16-18-13-6-4-5-7-15(13)23-16)19-9-12(2)22-14(10-19)17(20)21-3/h4-7,11-12,14H,8-10H2,1-3H3/t11-,12-,14-/m1/s1. The highest BCUT2D eigenvalue weighted by molar-refractivity contribution is 7.18. The second-order valence-corrected chi connectivity index (χ2v) is 7.16. The molecule has 3 atom stereocenters. The van der Waals surface area contributed by atoms with Crippen molar-refractivity contribution in [2.24, 2.45) is 0 Å². The van der Waals surface area contributed by atoms with Crippen molar-refractivity contribution in [1.82, 2.24) is 9.88 Å². The lowest BCUT2D eigenvalue weighted by Gasteiger charge is -2.38. The molecule has 1 aliphatic rings. The SMILES string of the molecule is COC(=O)[C@H]1CN([C@H](C)Cc2nc3ccccc3s2)C[C@@H](C)O1. The number of esters is 1. The topological polar surface area (TPSA) is 51.7 Å². The van der Waals surface area contributed by atoms with E-state index >= 15 is 0 Å². The van der Waals surface area contributed by atoms with Crippen LogP contribution in [0.2, 0.25) is 0 Å². The average Bonchev–Trinajstić information content (AvgIpc) is 2.95. The van der Waals surface area contributed by atoms with Crippen LogP contribution in [-0.2, 0) is 20.7 Å². The maximum Gasteiger partial charge on any atom is 0.336 e. The van der Waals surface area contributed by atoms with Gasteiger partial charge in [-0.3, -0.25) is 4.90 Å². The number of carbonyl (C=O) groups is 1. The molecule has 2 heterocycles. The van der Waals surface area contributed by atoms with Crippen molar-refractivity contribution >= 4 is 27.5 Å². The molecule has 3 rings (SSSR count). The summed E-state index contributed by atoms with van der Waals surface area (Å²) in [6, 6.07) is 8.50. The van der Waals surface area contributed by atoms with Crippen molar-refractivity contribution in [3.63, 3.8) is 0 Å². The third-order valence-corrected chi connectivity index (χ3v) is 5.24. The summed E-state index contributed by atoms with van der Waals surface area (Å²) in [5.41, 5.74) is 1.06. The number of aromatic nitrogens is 1. The first-order valence-corrected chi connectivity index (χ1v) is 8.70. The van der Waals surface area contributed by atoms with E-state index in [4.69, 9.17) is 14.5 Å². The predicted molar refractivity (Wildman–Crippen MR) is 90.7 cm³/mol. The van der Waals surface area contributed by atoms with Gasteiger partial charge in [0.05, 0.1) is 28.4 Å². The molecule has 0 bridgehead atoms. The molecule has 0 unspecified atom stereocenters. The molecule has 6 heteroatoms. The zero-order valence-corrected chi connectivity index (χ0v) is 14.5. The first-order valence-electron chi connectivity index (χ1n) is 7.88. The molecular weight excluding hydrogens is 312 g/mol. The van der Waals surface area contributed by atoms with Crippen molar-refractivity contribution < 1.29 is 14.3 Å². The minimum absolute atomic E-state index is 0.0191. The Hall–Kier alpha value is -1.50. The molecule has 0 saturated carbocycles. The van der Waals surface area contributed by atoms with Gasteiger partial charge in [-0.15, -0.1) is 11.3 Å². The number of carbonyl (C=O) groups excluding carboxylic acids is 1. The first kappa shape index (κ1) is 16.4. The van der Waals surface area contributed by atoms with Crippen LogP contribution in [0.4, 0.5) is 0 Å². The van der Waals surface area contributed by atoms with Gasteiger partial charge in [0.2, 0.25) is 0 Å². The van der Waals surface area contributed by atoms with Crippen molar-refractivity contribution in [2.75, 3.05) is 20.2 Å². The quantitative estimate of drug-likeness (QED) is 0.804. The van der Waals surface area contributed by atoms with Crippen molar-refractivity contribution in [1.29, 1.82) is 0 Å². The summed E-state index contributed by atoms with van der Waals surface area (Å²) in [5, 5.41) is 1.13. The number of nitrogens with zero attached hydrogens (tertiary/aromatic N) is 2. The number of morpholine rings is 1. The van der Waals surface area contributed by atoms with Gasteiger partial charge in [-0.2, -0.15) is 0 Å². The second-order valence-electron chi connectivity index (χ2n) is 6.04. The van der Waals surface area contributed by atoms with E-state index in [2.05, 4.69) is 17.9 Å². The number of ether oxygens (including phenoxy) is 2. The fraction of sp³-hybridized carbons (Fsp3) is 0.529. The lowest BCUT2D eigenvalue weighted by atomic mass is 10.1. The fourth-order valence-corrected chi connectivity index (χ4v) is 4.08. The van der Waals surface area contributed by atoms with Crippen molar-refractivity contribution in [3.8, 4) is 0 Å². The van der Waals surface area contributed by atoms with Crippen LogP contribution in [0.25, 0.3) is 10.2 Å². The molecule has 1 aromatic heterocycles. The lowest BCUT2D eigenvalue weighted by Crippen LogP contribution is -2.53. The van der Waals surface area contributed by atoms with E-state index in [1.54, 1.807) is 11.3 Å². The number of methoxy groups -OCH3 is 1. The van der Waals surface area contributed by atoms with E-state index in [1.807, 2.05) is 25.1 Å². The van der Waals surface area contributed by atoms with Crippen LogP contribution in [0.3, 0.4) is 0 Å². The third kappa shape index (κ3) is 3.71. The van der Waals surface area contributed by atoms with E-state index in [1.165, 1.54) is 11.8 Å². The van der Waals surface area contributed by atoms with Crippen LogP contribution in [0.5, 0.6) is 0 Å². The molecule has 23 heavy (non-hydrogen) atoms. The Labute approximate surface area is 140 Å². The highest BCUT2D eigenvalue weighted by Gasteiger charge is 2.33. The minimum Gasteiger partial charge on any atom is -0.467 e. The highest BCUT2D eigenvalue weighted by atomic mass is 32.1. The van der Waals surface area contributed by atoms with Gasteiger partial charge in [0.1, 0.15) is 0 Å². The maximum absolute atomic E-state index is 11.8. The van der Waals surface area contributed by atoms with Crippen LogP contribution in [0.1, 0.15) is 18.9 Å². The molecular formula is C17H22N2O3S. The number of thiazole rings is 1. The number of benzene rings is 1. The summed E-state index contributed by atoms with van der Waals surface area (Å²) in [6.07, 6.45) is 0.396. The minimum atomic E-state index is -0.499. The maximum atomic E-state index is 11.8. The second kappa shape index (κ2) is 6.95. The van der Waals surface area contributed by atoms with Gasteiger partial charge in [-0.05, 0) is 26.0 Å². The van der Waals surface area contributed by atoms with E-state index < -0.39 is 6.10 Å². The Bertz CT molecular complexity index is 654. The molecule has 1 saturated heterocycles. The number of hydrogen-bond acceptors (Lipinski definition) is 6. The Morgan fingerprint density at radius 3 is 3.00 bits per heavy atom. The summed E-state index contributed by atoms with van der Waals surface area (Å²) in [5.74, 6) is -0.297. The van der Waals surface area contributed by atoms with E-state index in [0.717, 1.165) is 23.5 Å². The molecule has 1 fully saturated rings. The Morgan fingerprint density at radius 1 is 1.48 bits per heavy atom. The van der Waals surface area contributed by atoms with Gasteiger partial charge in [-0.25, -0.2) is 9.78 Å².